The Hall–Kier alpha value is -1.95. The van der Waals surface area contributed by atoms with Gasteiger partial charge in [-0.1, -0.05) is 0 Å². The molecular weight excluding hydrogens is 178 g/mol. The van der Waals surface area contributed by atoms with E-state index in [9.17, 15) is 9.59 Å². The molecule has 0 aliphatic heterocycles. The number of hydrogen-bond donors (Lipinski definition) is 0. The number of hydrogen-bond acceptors (Lipinski definition) is 3. The van der Waals surface area contributed by atoms with Gasteiger partial charge in [-0.3, -0.25) is 9.59 Å². The van der Waals surface area contributed by atoms with E-state index in [-0.39, 0.29) is 11.3 Å². The molecule has 3 heteroatoms. The maximum absolute atomic E-state index is 11.1. The molecule has 0 spiro atoms. The van der Waals surface area contributed by atoms with Crippen molar-refractivity contribution in [2.45, 2.75) is 13.8 Å². The molecule has 1 aromatic carbocycles. The molecule has 0 radical (unpaired) electrons. The molecule has 14 heavy (non-hydrogen) atoms. The van der Waals surface area contributed by atoms with Crippen LogP contribution in [0.2, 0.25) is 0 Å². The summed E-state index contributed by atoms with van der Waals surface area (Å²) in [5.41, 5.74) is 1.73. The van der Waals surface area contributed by atoms with Gasteiger partial charge in [0.2, 0.25) is 0 Å². The summed E-state index contributed by atoms with van der Waals surface area (Å²) in [6.45, 7) is 3.13. The van der Waals surface area contributed by atoms with Crippen LogP contribution in [0.15, 0.2) is 12.1 Å². The van der Waals surface area contributed by atoms with Crippen LogP contribution < -0.4 is 0 Å². The van der Waals surface area contributed by atoms with E-state index in [0.717, 1.165) is 0 Å². The summed E-state index contributed by atoms with van der Waals surface area (Å²) in [5, 5.41) is 8.76. The zero-order valence-electron chi connectivity index (χ0n) is 8.00. The van der Waals surface area contributed by atoms with E-state index in [2.05, 4.69) is 0 Å². The summed E-state index contributed by atoms with van der Waals surface area (Å²) in [4.78, 5) is 21.7. The highest BCUT2D eigenvalue weighted by atomic mass is 16.1. The Morgan fingerprint density at radius 2 is 2.14 bits per heavy atom. The molecule has 0 N–H and O–H groups in total. The zero-order chi connectivity index (χ0) is 10.7. The van der Waals surface area contributed by atoms with Gasteiger partial charge in [0.1, 0.15) is 0 Å². The largest absolute Gasteiger partial charge is 0.298 e. The molecular formula is C11H9NO2. The molecule has 0 amide bonds. The Morgan fingerprint density at radius 3 is 2.57 bits per heavy atom. The van der Waals surface area contributed by atoms with Crippen molar-refractivity contribution in [3.63, 3.8) is 0 Å². The summed E-state index contributed by atoms with van der Waals surface area (Å²) >= 11 is 0. The second-order valence-corrected chi connectivity index (χ2v) is 3.04. The van der Waals surface area contributed by atoms with Crippen molar-refractivity contribution in [2.75, 3.05) is 0 Å². The monoisotopic (exact) mass is 187 g/mol. The van der Waals surface area contributed by atoms with Crippen LogP contribution >= 0.6 is 0 Å². The maximum atomic E-state index is 11.1. The smallest absolute Gasteiger partial charge is 0.159 e. The van der Waals surface area contributed by atoms with Gasteiger partial charge < -0.3 is 0 Å². The number of rotatable bonds is 2. The Balaban J connectivity index is 3.48. The quantitative estimate of drug-likeness (QED) is 0.524. The first-order valence-corrected chi connectivity index (χ1v) is 4.11. The molecule has 0 fully saturated rings. The maximum Gasteiger partial charge on any atom is 0.159 e. The van der Waals surface area contributed by atoms with Crippen molar-refractivity contribution < 1.29 is 9.59 Å². The van der Waals surface area contributed by atoms with E-state index >= 15 is 0 Å². The number of Topliss-reactive ketones (excluding diaryl/α,β-unsaturated/α-hetero) is 1. The van der Waals surface area contributed by atoms with Gasteiger partial charge in [-0.2, -0.15) is 5.26 Å². The topological polar surface area (TPSA) is 57.9 Å². The molecule has 0 heterocycles. The summed E-state index contributed by atoms with van der Waals surface area (Å²) in [5.74, 6) is -0.109. The normalized spacial score (nSPS) is 9.21. The lowest BCUT2D eigenvalue weighted by molar-refractivity contribution is 0.101. The number of ketones is 1. The third-order valence-electron chi connectivity index (χ3n) is 2.03. The van der Waals surface area contributed by atoms with Crippen LogP contribution in [0, 0.1) is 18.3 Å². The summed E-state index contributed by atoms with van der Waals surface area (Å²) in [7, 11) is 0. The van der Waals surface area contributed by atoms with Crippen LogP contribution in [0.1, 0.15) is 38.8 Å². The minimum atomic E-state index is -0.109. The highest BCUT2D eigenvalue weighted by molar-refractivity contribution is 5.96. The number of carbonyl (C=O) groups is 2. The Bertz CT molecular complexity index is 441. The highest BCUT2D eigenvalue weighted by Crippen LogP contribution is 2.15. The number of benzene rings is 1. The van der Waals surface area contributed by atoms with Crippen molar-refractivity contribution >= 4 is 12.1 Å². The van der Waals surface area contributed by atoms with Crippen molar-refractivity contribution in [3.05, 3.63) is 34.4 Å². The molecule has 0 unspecified atom stereocenters. The third-order valence-corrected chi connectivity index (χ3v) is 2.03. The lowest BCUT2D eigenvalue weighted by Gasteiger charge is -2.03. The van der Waals surface area contributed by atoms with E-state index in [1.807, 2.05) is 6.07 Å². The second kappa shape index (κ2) is 3.84. The first-order valence-electron chi connectivity index (χ1n) is 4.11. The van der Waals surface area contributed by atoms with Crippen LogP contribution in [-0.4, -0.2) is 12.1 Å². The summed E-state index contributed by atoms with van der Waals surface area (Å²) in [6.07, 6.45) is 0.637. The predicted octanol–water partition coefficient (Wildman–Crippen LogP) is 1.88. The second-order valence-electron chi connectivity index (χ2n) is 3.04. The molecule has 0 saturated heterocycles. The Labute approximate surface area is 82.0 Å². The standard InChI is InChI=1S/C11H9NO2/c1-7-3-9(8(2)14)4-10(5-12)11(7)6-13/h3-4,6H,1-2H3. The molecule has 0 aromatic heterocycles. The first-order chi connectivity index (χ1) is 6.60. The molecule has 0 saturated carbocycles. The van der Waals surface area contributed by atoms with Crippen molar-refractivity contribution in [2.24, 2.45) is 0 Å². The van der Waals surface area contributed by atoms with Crippen molar-refractivity contribution in [1.29, 1.82) is 5.26 Å². The molecule has 0 aliphatic carbocycles. The van der Waals surface area contributed by atoms with E-state index in [1.54, 1.807) is 13.0 Å². The lowest BCUT2D eigenvalue weighted by Crippen LogP contribution is -1.99. The van der Waals surface area contributed by atoms with Crippen LogP contribution in [0.5, 0.6) is 0 Å². The molecule has 70 valence electrons. The van der Waals surface area contributed by atoms with Gasteiger partial charge in [-0.05, 0) is 31.5 Å². The highest BCUT2D eigenvalue weighted by Gasteiger charge is 2.09. The molecule has 1 rings (SSSR count). The minimum Gasteiger partial charge on any atom is -0.298 e. The Morgan fingerprint density at radius 1 is 1.50 bits per heavy atom. The number of aryl methyl sites for hydroxylation is 1. The zero-order valence-corrected chi connectivity index (χ0v) is 8.00. The lowest BCUT2D eigenvalue weighted by atomic mass is 9.98. The average molecular weight is 187 g/mol. The number of carbonyl (C=O) groups excluding carboxylic acids is 2. The average Bonchev–Trinajstić information content (AvgIpc) is 2.16. The van der Waals surface area contributed by atoms with E-state index < -0.39 is 0 Å². The fourth-order valence-corrected chi connectivity index (χ4v) is 1.25. The van der Waals surface area contributed by atoms with Gasteiger partial charge in [0.15, 0.2) is 12.1 Å². The van der Waals surface area contributed by atoms with Crippen LogP contribution in [0.4, 0.5) is 0 Å². The van der Waals surface area contributed by atoms with E-state index in [4.69, 9.17) is 5.26 Å². The number of aldehydes is 1. The molecule has 0 bridgehead atoms. The first kappa shape index (κ1) is 10.1. The third kappa shape index (κ3) is 1.69. The van der Waals surface area contributed by atoms with Crippen molar-refractivity contribution in [3.8, 4) is 6.07 Å². The molecule has 3 nitrogen and oxygen atoms in total. The van der Waals surface area contributed by atoms with Gasteiger partial charge in [0.05, 0.1) is 11.6 Å². The number of nitrogens with zero attached hydrogens (tertiary/aromatic N) is 1. The van der Waals surface area contributed by atoms with Crippen LogP contribution in [0.25, 0.3) is 0 Å². The molecule has 1 aromatic rings. The van der Waals surface area contributed by atoms with Crippen molar-refractivity contribution in [1.82, 2.24) is 0 Å². The van der Waals surface area contributed by atoms with Gasteiger partial charge in [-0.25, -0.2) is 0 Å². The van der Waals surface area contributed by atoms with Gasteiger partial charge in [-0.15, -0.1) is 0 Å². The fourth-order valence-electron chi connectivity index (χ4n) is 1.25. The predicted molar refractivity (Wildman–Crippen MR) is 51.3 cm³/mol. The fraction of sp³-hybridized carbons (Fsp3) is 0.182. The Kier molecular flexibility index (Phi) is 2.78. The SMILES string of the molecule is CC(=O)c1cc(C)c(C=O)c(C#N)c1. The van der Waals surface area contributed by atoms with Gasteiger partial charge in [0, 0.05) is 11.1 Å². The van der Waals surface area contributed by atoms with Crippen LogP contribution in [-0.2, 0) is 0 Å². The number of nitriles is 1. The summed E-state index contributed by atoms with van der Waals surface area (Å²) < 4.78 is 0. The minimum absolute atomic E-state index is 0.109. The van der Waals surface area contributed by atoms with Gasteiger partial charge >= 0.3 is 0 Å². The molecule has 0 atom stereocenters. The van der Waals surface area contributed by atoms with Gasteiger partial charge in [0.25, 0.3) is 0 Å². The van der Waals surface area contributed by atoms with E-state index in [1.165, 1.54) is 13.0 Å². The summed E-state index contributed by atoms with van der Waals surface area (Å²) in [6, 6.07) is 4.96. The van der Waals surface area contributed by atoms with Crippen LogP contribution in [0.3, 0.4) is 0 Å². The molecule has 0 aliphatic rings. The van der Waals surface area contributed by atoms with E-state index in [0.29, 0.717) is 23.0 Å².